The third-order valence-electron chi connectivity index (χ3n) is 6.56. The van der Waals surface area contributed by atoms with Gasteiger partial charge in [0.25, 0.3) is 0 Å². The van der Waals surface area contributed by atoms with Crippen LogP contribution in [-0.2, 0) is 4.79 Å². The Morgan fingerprint density at radius 3 is 2.39 bits per heavy atom. The molecule has 1 amide bonds. The average molecular weight is 483 g/mol. The van der Waals surface area contributed by atoms with Gasteiger partial charge in [0.1, 0.15) is 6.10 Å². The van der Waals surface area contributed by atoms with Crippen molar-refractivity contribution in [2.45, 2.75) is 24.7 Å². The maximum absolute atomic E-state index is 12.2. The molecule has 0 radical (unpaired) electrons. The molecular formula is C27H26N6O3. The van der Waals surface area contributed by atoms with E-state index in [1.54, 1.807) is 17.9 Å². The fourth-order valence-corrected chi connectivity index (χ4v) is 4.62. The lowest BCUT2D eigenvalue weighted by Crippen LogP contribution is -2.36. The van der Waals surface area contributed by atoms with Crippen LogP contribution in [0.15, 0.2) is 60.9 Å². The number of carbonyl (C=O) groups is 1. The van der Waals surface area contributed by atoms with Gasteiger partial charge in [0.2, 0.25) is 11.7 Å². The molecule has 4 unspecified atom stereocenters. The van der Waals surface area contributed by atoms with Crippen LogP contribution in [0.3, 0.4) is 0 Å². The molecule has 0 spiro atoms. The molecule has 0 aliphatic heterocycles. The van der Waals surface area contributed by atoms with Crippen molar-refractivity contribution in [3.63, 3.8) is 0 Å². The number of rotatable bonds is 4. The average Bonchev–Trinajstić information content (AvgIpc) is 3.47. The number of benzene rings is 2. The zero-order chi connectivity index (χ0) is 25.2. The number of imidazole rings is 1. The molecule has 182 valence electrons. The maximum atomic E-state index is 12.2. The van der Waals surface area contributed by atoms with Crippen LogP contribution in [-0.4, -0.2) is 61.9 Å². The summed E-state index contributed by atoms with van der Waals surface area (Å²) in [6.45, 7) is 0. The van der Waals surface area contributed by atoms with E-state index in [0.29, 0.717) is 17.0 Å². The van der Waals surface area contributed by atoms with Crippen LogP contribution >= 0.6 is 0 Å². The molecule has 1 fully saturated rings. The standard InChI is InChI=1S/C27H26N6O3/c1-28-25-22-26(33(15-30-22)20-14-19(27(36)29-2)23(34)24(20)35)32-21(31-25)13-10-16-8-11-18(12-9-16)17-6-4-3-5-7-17/h3-9,11-12,15,19-20,23-24,34-35H,14H2,1-2H3,(H,29,36)(H,28,31,32). The fraction of sp³-hybridized carbons (Fsp3) is 0.259. The number of hydrogen-bond donors (Lipinski definition) is 4. The predicted molar refractivity (Wildman–Crippen MR) is 136 cm³/mol. The Morgan fingerprint density at radius 1 is 0.972 bits per heavy atom. The summed E-state index contributed by atoms with van der Waals surface area (Å²) in [5, 5.41) is 26.7. The van der Waals surface area contributed by atoms with Gasteiger partial charge in [0.15, 0.2) is 17.0 Å². The molecule has 2 heterocycles. The number of anilines is 1. The highest BCUT2D eigenvalue weighted by Crippen LogP contribution is 2.37. The van der Waals surface area contributed by atoms with Crippen LogP contribution in [0.25, 0.3) is 22.3 Å². The Morgan fingerprint density at radius 2 is 1.69 bits per heavy atom. The molecule has 2 aromatic carbocycles. The van der Waals surface area contributed by atoms with Gasteiger partial charge in [-0.3, -0.25) is 4.79 Å². The number of fused-ring (bicyclic) bond motifs is 1. The first kappa shape index (κ1) is 23.5. The number of nitrogens with zero attached hydrogens (tertiary/aromatic N) is 4. The first-order valence-corrected chi connectivity index (χ1v) is 11.7. The summed E-state index contributed by atoms with van der Waals surface area (Å²) >= 11 is 0. The van der Waals surface area contributed by atoms with Crippen molar-refractivity contribution in [2.24, 2.45) is 5.92 Å². The fourth-order valence-electron chi connectivity index (χ4n) is 4.62. The molecule has 1 aliphatic carbocycles. The lowest BCUT2D eigenvalue weighted by molar-refractivity contribution is -0.128. The monoisotopic (exact) mass is 482 g/mol. The van der Waals surface area contributed by atoms with Gasteiger partial charge in [-0.15, -0.1) is 0 Å². The molecule has 0 bridgehead atoms. The number of amides is 1. The van der Waals surface area contributed by atoms with E-state index < -0.39 is 24.2 Å². The van der Waals surface area contributed by atoms with Crippen molar-refractivity contribution in [3.8, 4) is 23.0 Å². The summed E-state index contributed by atoms with van der Waals surface area (Å²) in [6.07, 6.45) is -0.528. The lowest BCUT2D eigenvalue weighted by atomic mass is 10.0. The van der Waals surface area contributed by atoms with Gasteiger partial charge >= 0.3 is 0 Å². The van der Waals surface area contributed by atoms with Crippen LogP contribution in [0.1, 0.15) is 23.9 Å². The highest BCUT2D eigenvalue weighted by atomic mass is 16.3. The van der Waals surface area contributed by atoms with Crippen molar-refractivity contribution in [2.75, 3.05) is 19.4 Å². The van der Waals surface area contributed by atoms with E-state index in [0.717, 1.165) is 16.7 Å². The number of aliphatic hydroxyl groups excluding tert-OH is 2. The minimum Gasteiger partial charge on any atom is -0.390 e. The molecule has 4 aromatic rings. The zero-order valence-electron chi connectivity index (χ0n) is 19.9. The molecule has 0 saturated heterocycles. The summed E-state index contributed by atoms with van der Waals surface area (Å²) in [6, 6.07) is 17.5. The lowest BCUT2D eigenvalue weighted by Gasteiger charge is -2.18. The second-order valence-corrected chi connectivity index (χ2v) is 8.67. The van der Waals surface area contributed by atoms with Gasteiger partial charge in [0.05, 0.1) is 24.4 Å². The van der Waals surface area contributed by atoms with E-state index in [4.69, 9.17) is 0 Å². The van der Waals surface area contributed by atoms with Crippen LogP contribution in [0.4, 0.5) is 5.82 Å². The maximum Gasteiger partial charge on any atom is 0.225 e. The quantitative estimate of drug-likeness (QED) is 0.328. The van der Waals surface area contributed by atoms with Gasteiger partial charge in [-0.1, -0.05) is 48.4 Å². The Hall–Kier alpha value is -4.26. The third kappa shape index (κ3) is 4.28. The zero-order valence-corrected chi connectivity index (χ0v) is 19.9. The van der Waals surface area contributed by atoms with Crippen molar-refractivity contribution in [1.29, 1.82) is 0 Å². The molecule has 5 rings (SSSR count). The number of hydrogen-bond acceptors (Lipinski definition) is 7. The number of nitrogens with one attached hydrogen (secondary N) is 2. The van der Waals surface area contributed by atoms with Crippen LogP contribution < -0.4 is 10.6 Å². The molecule has 2 aromatic heterocycles. The third-order valence-corrected chi connectivity index (χ3v) is 6.56. The Bertz CT molecular complexity index is 1460. The molecule has 1 aliphatic rings. The van der Waals surface area contributed by atoms with E-state index >= 15 is 0 Å². The Kier molecular flexibility index (Phi) is 6.38. The predicted octanol–water partition coefficient (Wildman–Crippen LogP) is 1.96. The molecule has 1 saturated carbocycles. The number of carbonyl (C=O) groups excluding carboxylic acids is 1. The highest BCUT2D eigenvalue weighted by molar-refractivity contribution is 5.84. The second kappa shape index (κ2) is 9.77. The van der Waals surface area contributed by atoms with Crippen LogP contribution in [0.2, 0.25) is 0 Å². The Balaban J connectivity index is 1.47. The van der Waals surface area contributed by atoms with Crippen LogP contribution in [0.5, 0.6) is 0 Å². The minimum absolute atomic E-state index is 0.251. The van der Waals surface area contributed by atoms with Gasteiger partial charge < -0.3 is 25.4 Å². The summed E-state index contributed by atoms with van der Waals surface area (Å²) in [4.78, 5) is 25.7. The molecule has 36 heavy (non-hydrogen) atoms. The van der Waals surface area contributed by atoms with Gasteiger partial charge in [-0.2, -0.15) is 0 Å². The highest BCUT2D eigenvalue weighted by Gasteiger charge is 2.46. The van der Waals surface area contributed by atoms with E-state index in [2.05, 4.69) is 49.6 Å². The summed E-state index contributed by atoms with van der Waals surface area (Å²) < 4.78 is 1.69. The van der Waals surface area contributed by atoms with E-state index in [1.807, 2.05) is 42.5 Å². The van der Waals surface area contributed by atoms with E-state index in [1.165, 1.54) is 7.05 Å². The first-order valence-electron chi connectivity index (χ1n) is 11.7. The Labute approximate surface area is 208 Å². The van der Waals surface area contributed by atoms with Crippen molar-refractivity contribution in [3.05, 3.63) is 72.3 Å². The SMILES string of the molecule is CNC(=O)C1CC(n2cnc3c(NC)nc(C#Cc4ccc(-c5ccccc5)cc4)nc32)C(O)C1O. The van der Waals surface area contributed by atoms with Gasteiger partial charge in [0, 0.05) is 19.7 Å². The summed E-state index contributed by atoms with van der Waals surface area (Å²) in [7, 11) is 3.24. The number of aliphatic hydroxyl groups is 2. The topological polar surface area (TPSA) is 125 Å². The number of aromatic nitrogens is 4. The van der Waals surface area contributed by atoms with E-state index in [9.17, 15) is 15.0 Å². The normalized spacial score (nSPS) is 21.1. The van der Waals surface area contributed by atoms with Crippen molar-refractivity contribution < 1.29 is 15.0 Å². The van der Waals surface area contributed by atoms with Crippen molar-refractivity contribution >= 4 is 22.9 Å². The minimum atomic E-state index is -1.18. The molecule has 4 atom stereocenters. The molecule has 4 N–H and O–H groups in total. The van der Waals surface area contributed by atoms with Crippen LogP contribution in [0, 0.1) is 17.8 Å². The largest absolute Gasteiger partial charge is 0.390 e. The van der Waals surface area contributed by atoms with Crippen molar-refractivity contribution in [1.82, 2.24) is 24.8 Å². The first-order chi connectivity index (χ1) is 17.5. The molecule has 9 heteroatoms. The molecule has 9 nitrogen and oxygen atoms in total. The smallest absolute Gasteiger partial charge is 0.225 e. The van der Waals surface area contributed by atoms with Gasteiger partial charge in [-0.25, -0.2) is 15.0 Å². The van der Waals surface area contributed by atoms with E-state index in [-0.39, 0.29) is 18.2 Å². The summed E-state index contributed by atoms with van der Waals surface area (Å²) in [5.74, 6) is 5.87. The summed E-state index contributed by atoms with van der Waals surface area (Å²) in [5.41, 5.74) is 4.04. The van der Waals surface area contributed by atoms with Gasteiger partial charge in [-0.05, 0) is 35.6 Å². The molecular weight excluding hydrogens is 456 g/mol. The second-order valence-electron chi connectivity index (χ2n) is 8.67.